The molecule has 0 heterocycles. The number of benzene rings is 3. The van der Waals surface area contributed by atoms with E-state index in [0.29, 0.717) is 17.7 Å². The standard InChI is InChI=1S/C31H38N4O7S/c1-7-23(4)32-31(37)24(5)33(19-25-11-8-21(2)9-12-25)30(36)20-34(26-13-15-27(42-6)16-14-26)43(40,41)28-17-10-22(3)29(18-28)35(38)39/h8-18,23-24H,7,19-20H2,1-6H3,(H,32,37)/t23-,24-/m0/s1. The SMILES string of the molecule is CC[C@H](C)NC(=O)[C@H](C)N(Cc1ccc(C)cc1)C(=O)CN(c1ccc(OC)cc1)S(=O)(=O)c1ccc(C)c([N+](=O)[O-])c1. The largest absolute Gasteiger partial charge is 0.497 e. The van der Waals surface area contributed by atoms with Gasteiger partial charge in [0, 0.05) is 24.2 Å². The van der Waals surface area contributed by atoms with Crippen LogP contribution in [0.5, 0.6) is 5.75 Å². The molecule has 0 unspecified atom stereocenters. The Morgan fingerprint density at radius 3 is 2.19 bits per heavy atom. The molecule has 1 N–H and O–H groups in total. The maximum absolute atomic E-state index is 14.0. The second-order valence-electron chi connectivity index (χ2n) is 10.4. The van der Waals surface area contributed by atoms with Crippen molar-refractivity contribution in [2.75, 3.05) is 18.0 Å². The molecule has 2 amide bonds. The van der Waals surface area contributed by atoms with Crippen LogP contribution in [0.4, 0.5) is 11.4 Å². The number of aryl methyl sites for hydroxylation is 2. The van der Waals surface area contributed by atoms with Crippen LogP contribution in [0, 0.1) is 24.0 Å². The summed E-state index contributed by atoms with van der Waals surface area (Å²) in [5.41, 5.74) is 1.85. The highest BCUT2D eigenvalue weighted by molar-refractivity contribution is 7.92. The van der Waals surface area contributed by atoms with E-state index >= 15 is 0 Å². The maximum atomic E-state index is 14.0. The summed E-state index contributed by atoms with van der Waals surface area (Å²) in [7, 11) is -3.02. The van der Waals surface area contributed by atoms with E-state index in [2.05, 4.69) is 5.32 Å². The van der Waals surface area contributed by atoms with E-state index in [0.717, 1.165) is 21.5 Å². The zero-order valence-corrected chi connectivity index (χ0v) is 26.1. The van der Waals surface area contributed by atoms with E-state index in [4.69, 9.17) is 4.74 Å². The molecular weight excluding hydrogens is 572 g/mol. The molecule has 0 aromatic heterocycles. The molecule has 3 aromatic rings. The zero-order chi connectivity index (χ0) is 31.9. The third-order valence-corrected chi connectivity index (χ3v) is 9.02. The Hall–Kier alpha value is -4.45. The lowest BCUT2D eigenvalue weighted by molar-refractivity contribution is -0.385. The van der Waals surface area contributed by atoms with E-state index in [-0.39, 0.29) is 34.8 Å². The molecule has 11 nitrogen and oxygen atoms in total. The average Bonchev–Trinajstić information content (AvgIpc) is 2.98. The third-order valence-electron chi connectivity index (χ3n) is 7.25. The van der Waals surface area contributed by atoms with Crippen molar-refractivity contribution in [3.05, 3.63) is 93.5 Å². The molecule has 2 atom stereocenters. The second kappa shape index (κ2) is 14.1. The summed E-state index contributed by atoms with van der Waals surface area (Å²) in [5.74, 6) is -0.536. The molecule has 0 aliphatic carbocycles. The number of nitrogens with one attached hydrogen (secondary N) is 1. The Labute approximate surface area is 252 Å². The number of nitro groups is 1. The highest BCUT2D eigenvalue weighted by Gasteiger charge is 2.33. The highest BCUT2D eigenvalue weighted by atomic mass is 32.2. The first kappa shape index (κ1) is 33.1. The van der Waals surface area contributed by atoms with Crippen LogP contribution >= 0.6 is 0 Å². The molecule has 0 fully saturated rings. The minimum absolute atomic E-state index is 0.0563. The molecule has 0 aliphatic heterocycles. The Morgan fingerprint density at radius 1 is 1.00 bits per heavy atom. The van der Waals surface area contributed by atoms with Gasteiger partial charge >= 0.3 is 0 Å². The number of nitrogens with zero attached hydrogens (tertiary/aromatic N) is 3. The van der Waals surface area contributed by atoms with Gasteiger partial charge in [-0.05, 0) is 70.0 Å². The van der Waals surface area contributed by atoms with E-state index in [9.17, 15) is 28.1 Å². The van der Waals surface area contributed by atoms with Gasteiger partial charge in [-0.3, -0.25) is 24.0 Å². The number of anilines is 1. The molecule has 12 heteroatoms. The minimum atomic E-state index is -4.48. The first-order chi connectivity index (χ1) is 20.3. The number of rotatable bonds is 13. The lowest BCUT2D eigenvalue weighted by atomic mass is 10.1. The van der Waals surface area contributed by atoms with Crippen molar-refractivity contribution in [2.24, 2.45) is 0 Å². The minimum Gasteiger partial charge on any atom is -0.497 e. The van der Waals surface area contributed by atoms with Gasteiger partial charge in [-0.15, -0.1) is 0 Å². The van der Waals surface area contributed by atoms with Crippen LogP contribution < -0.4 is 14.4 Å². The number of carbonyl (C=O) groups excluding carboxylic acids is 2. The fourth-order valence-electron chi connectivity index (χ4n) is 4.29. The first-order valence-corrected chi connectivity index (χ1v) is 15.3. The van der Waals surface area contributed by atoms with Gasteiger partial charge in [-0.1, -0.05) is 42.8 Å². The lowest BCUT2D eigenvalue weighted by Crippen LogP contribution is -2.52. The Bertz CT molecular complexity index is 1560. The van der Waals surface area contributed by atoms with Crippen molar-refractivity contribution in [2.45, 2.75) is 64.6 Å². The number of sulfonamides is 1. The van der Waals surface area contributed by atoms with Gasteiger partial charge in [0.05, 0.1) is 22.6 Å². The smallest absolute Gasteiger partial charge is 0.273 e. The van der Waals surface area contributed by atoms with E-state index in [1.807, 2.05) is 45.0 Å². The monoisotopic (exact) mass is 610 g/mol. The molecule has 0 spiro atoms. The van der Waals surface area contributed by atoms with Crippen LogP contribution in [-0.4, -0.2) is 55.8 Å². The molecule has 3 aromatic carbocycles. The van der Waals surface area contributed by atoms with Gasteiger partial charge < -0.3 is 15.0 Å². The number of ether oxygens (including phenoxy) is 1. The van der Waals surface area contributed by atoms with Crippen molar-refractivity contribution in [1.82, 2.24) is 10.2 Å². The van der Waals surface area contributed by atoms with Gasteiger partial charge in [0.15, 0.2) is 0 Å². The summed E-state index contributed by atoms with van der Waals surface area (Å²) in [5, 5.41) is 14.5. The number of methoxy groups -OCH3 is 1. The fourth-order valence-corrected chi connectivity index (χ4v) is 5.72. The topological polar surface area (TPSA) is 139 Å². The quantitative estimate of drug-likeness (QED) is 0.218. The number of hydrogen-bond acceptors (Lipinski definition) is 7. The Kier molecular flexibility index (Phi) is 10.9. The summed E-state index contributed by atoms with van der Waals surface area (Å²) in [6.07, 6.45) is 0.691. The van der Waals surface area contributed by atoms with Gasteiger partial charge in [-0.2, -0.15) is 0 Å². The number of carbonyl (C=O) groups is 2. The zero-order valence-electron chi connectivity index (χ0n) is 25.2. The maximum Gasteiger partial charge on any atom is 0.273 e. The van der Waals surface area contributed by atoms with Crippen LogP contribution in [0.3, 0.4) is 0 Å². The van der Waals surface area contributed by atoms with Gasteiger partial charge in [0.1, 0.15) is 18.3 Å². The predicted octanol–water partition coefficient (Wildman–Crippen LogP) is 4.75. The van der Waals surface area contributed by atoms with Gasteiger partial charge in [0.2, 0.25) is 11.8 Å². The first-order valence-electron chi connectivity index (χ1n) is 13.9. The van der Waals surface area contributed by atoms with Crippen LogP contribution in [0.25, 0.3) is 0 Å². The van der Waals surface area contributed by atoms with E-state index in [1.54, 1.807) is 19.1 Å². The summed E-state index contributed by atoms with van der Waals surface area (Å²) >= 11 is 0. The summed E-state index contributed by atoms with van der Waals surface area (Å²) in [6.45, 7) is 8.21. The van der Waals surface area contributed by atoms with E-state index in [1.165, 1.54) is 43.2 Å². The lowest BCUT2D eigenvalue weighted by Gasteiger charge is -2.32. The fraction of sp³-hybridized carbons (Fsp3) is 0.355. The average molecular weight is 611 g/mol. The highest BCUT2D eigenvalue weighted by Crippen LogP contribution is 2.29. The molecule has 0 aliphatic rings. The molecule has 0 saturated heterocycles. The van der Waals surface area contributed by atoms with Crippen LogP contribution in [0.1, 0.15) is 43.9 Å². The molecule has 0 radical (unpaired) electrons. The normalized spacial score (nSPS) is 12.6. The second-order valence-corrected chi connectivity index (χ2v) is 12.3. The van der Waals surface area contributed by atoms with Gasteiger partial charge in [-0.25, -0.2) is 8.42 Å². The van der Waals surface area contributed by atoms with Crippen molar-refractivity contribution < 1.29 is 27.7 Å². The summed E-state index contributed by atoms with van der Waals surface area (Å²) in [4.78, 5) is 39.1. The van der Waals surface area contributed by atoms with Crippen LogP contribution in [0.15, 0.2) is 71.6 Å². The molecule has 3 rings (SSSR count). The molecule has 0 bridgehead atoms. The third kappa shape index (κ3) is 8.10. The van der Waals surface area contributed by atoms with Crippen molar-refractivity contribution >= 4 is 33.2 Å². The van der Waals surface area contributed by atoms with Crippen molar-refractivity contribution in [3.8, 4) is 5.75 Å². The number of nitro benzene ring substituents is 1. The molecule has 43 heavy (non-hydrogen) atoms. The summed E-state index contributed by atoms with van der Waals surface area (Å²) < 4.78 is 34.2. The Balaban J connectivity index is 2.08. The molecule has 0 saturated carbocycles. The molecule has 230 valence electrons. The number of hydrogen-bond donors (Lipinski definition) is 1. The van der Waals surface area contributed by atoms with Crippen molar-refractivity contribution in [1.29, 1.82) is 0 Å². The van der Waals surface area contributed by atoms with E-state index < -0.39 is 33.4 Å². The van der Waals surface area contributed by atoms with Crippen LogP contribution in [-0.2, 0) is 26.2 Å². The molecular formula is C31H38N4O7S. The van der Waals surface area contributed by atoms with Crippen LogP contribution in [0.2, 0.25) is 0 Å². The Morgan fingerprint density at radius 2 is 1.63 bits per heavy atom. The van der Waals surface area contributed by atoms with Gasteiger partial charge in [0.25, 0.3) is 15.7 Å². The summed E-state index contributed by atoms with van der Waals surface area (Å²) in [6, 6.07) is 16.1. The predicted molar refractivity (Wildman–Crippen MR) is 164 cm³/mol. The number of amides is 2. The van der Waals surface area contributed by atoms with Crippen molar-refractivity contribution in [3.63, 3.8) is 0 Å².